The second kappa shape index (κ2) is 5.12. The molecule has 0 aromatic heterocycles. The van der Waals surface area contributed by atoms with Gasteiger partial charge in [-0.1, -0.05) is 25.3 Å². The summed E-state index contributed by atoms with van der Waals surface area (Å²) in [4.78, 5) is 0. The Morgan fingerprint density at radius 1 is 0.722 bits per heavy atom. The van der Waals surface area contributed by atoms with Crippen molar-refractivity contribution in [2.45, 2.75) is 0 Å². The summed E-state index contributed by atoms with van der Waals surface area (Å²) in [6, 6.07) is 0. The van der Waals surface area contributed by atoms with Crippen molar-refractivity contribution in [3.05, 3.63) is 65.5 Å². The van der Waals surface area contributed by atoms with Crippen LogP contribution in [-0.4, -0.2) is 0 Å². The molecule has 0 aliphatic carbocycles. The van der Waals surface area contributed by atoms with Gasteiger partial charge in [0.2, 0.25) is 5.82 Å². The molecule has 1 aromatic carbocycles. The van der Waals surface area contributed by atoms with Crippen LogP contribution in [0.4, 0.5) is 26.3 Å². The van der Waals surface area contributed by atoms with Crippen LogP contribution in [0.2, 0.25) is 0 Å². The highest BCUT2D eigenvalue weighted by atomic mass is 19.2. The van der Waals surface area contributed by atoms with Crippen LogP contribution < -0.4 is 0 Å². The first-order valence-electron chi connectivity index (χ1n) is 4.53. The van der Waals surface area contributed by atoms with E-state index in [9.17, 15) is 26.3 Å². The average Bonchev–Trinajstić information content (AvgIpc) is 2.36. The van der Waals surface area contributed by atoms with Crippen LogP contribution in [0, 0.1) is 29.1 Å². The first-order chi connectivity index (χ1) is 8.36. The molecule has 6 heteroatoms. The molecule has 0 heterocycles. The van der Waals surface area contributed by atoms with Gasteiger partial charge >= 0.3 is 0 Å². The van der Waals surface area contributed by atoms with Gasteiger partial charge in [0.05, 0.1) is 5.56 Å². The van der Waals surface area contributed by atoms with E-state index in [2.05, 4.69) is 13.2 Å². The zero-order chi connectivity index (χ0) is 14.0. The van der Waals surface area contributed by atoms with Gasteiger partial charge in [0.1, 0.15) is 5.83 Å². The number of allylic oxidation sites excluding steroid dienone is 3. The molecule has 1 rings (SSSR count). The molecule has 0 amide bonds. The molecule has 0 radical (unpaired) electrons. The largest absolute Gasteiger partial charge is 0.205 e. The smallest absolute Gasteiger partial charge is 0.200 e. The summed E-state index contributed by atoms with van der Waals surface area (Å²) < 4.78 is 78.4. The van der Waals surface area contributed by atoms with Gasteiger partial charge in [-0.2, -0.15) is 0 Å². The van der Waals surface area contributed by atoms with Crippen molar-refractivity contribution >= 4 is 5.83 Å². The summed E-state index contributed by atoms with van der Waals surface area (Å²) in [5.41, 5.74) is -2.13. The maximum Gasteiger partial charge on any atom is 0.200 e. The molecule has 0 N–H and O–H groups in total. The third-order valence-corrected chi connectivity index (χ3v) is 2.12. The van der Waals surface area contributed by atoms with E-state index in [1.165, 1.54) is 0 Å². The molecule has 96 valence electrons. The summed E-state index contributed by atoms with van der Waals surface area (Å²) in [6.07, 6.45) is 1.67. The first kappa shape index (κ1) is 14.1. The Bertz CT molecular complexity index is 517. The lowest BCUT2D eigenvalue weighted by molar-refractivity contribution is 0.374. The maximum absolute atomic E-state index is 13.6. The number of hydrogen-bond acceptors (Lipinski definition) is 0. The molecular formula is C12H6F6. The summed E-state index contributed by atoms with van der Waals surface area (Å²) >= 11 is 0. The van der Waals surface area contributed by atoms with Gasteiger partial charge < -0.3 is 0 Å². The van der Waals surface area contributed by atoms with E-state index in [1.54, 1.807) is 0 Å². The molecule has 0 fully saturated rings. The fraction of sp³-hybridized carbons (Fsp3) is 0. The molecule has 0 atom stereocenters. The monoisotopic (exact) mass is 264 g/mol. The maximum atomic E-state index is 13.6. The molecule has 0 aliphatic rings. The highest BCUT2D eigenvalue weighted by Crippen LogP contribution is 2.31. The lowest BCUT2D eigenvalue weighted by Gasteiger charge is -2.07. The Morgan fingerprint density at radius 2 is 1.06 bits per heavy atom. The van der Waals surface area contributed by atoms with Crippen molar-refractivity contribution in [2.24, 2.45) is 0 Å². The second-order valence-electron chi connectivity index (χ2n) is 3.12. The van der Waals surface area contributed by atoms with Crippen molar-refractivity contribution in [3.63, 3.8) is 0 Å². The molecule has 18 heavy (non-hydrogen) atoms. The summed E-state index contributed by atoms with van der Waals surface area (Å²) in [7, 11) is 0. The van der Waals surface area contributed by atoms with E-state index < -0.39 is 46.0 Å². The quantitative estimate of drug-likeness (QED) is 0.328. The van der Waals surface area contributed by atoms with E-state index in [1.807, 2.05) is 0 Å². The van der Waals surface area contributed by atoms with Gasteiger partial charge in [0.15, 0.2) is 23.3 Å². The van der Waals surface area contributed by atoms with Gasteiger partial charge in [0, 0.05) is 5.57 Å². The highest BCUT2D eigenvalue weighted by molar-refractivity contribution is 5.68. The van der Waals surface area contributed by atoms with Crippen LogP contribution in [-0.2, 0) is 0 Å². The van der Waals surface area contributed by atoms with Crippen LogP contribution >= 0.6 is 0 Å². The molecule has 0 saturated heterocycles. The van der Waals surface area contributed by atoms with Crippen LogP contribution in [0.5, 0.6) is 0 Å². The SMILES string of the molecule is C=CC(C=C)=C(F)c1c(F)c(F)c(F)c(F)c1F. The van der Waals surface area contributed by atoms with E-state index in [0.29, 0.717) is 0 Å². The van der Waals surface area contributed by atoms with Crippen LogP contribution in [0.15, 0.2) is 30.9 Å². The zero-order valence-electron chi connectivity index (χ0n) is 8.84. The standard InChI is InChI=1S/C12H6F6/c1-3-5(4-2)7(13)6-8(14)10(16)12(18)11(17)9(6)15/h3-4H,1-2H2. The molecule has 0 nitrogen and oxygen atoms in total. The second-order valence-corrected chi connectivity index (χ2v) is 3.12. The van der Waals surface area contributed by atoms with Crippen molar-refractivity contribution in [3.8, 4) is 0 Å². The van der Waals surface area contributed by atoms with Crippen LogP contribution in [0.3, 0.4) is 0 Å². The minimum Gasteiger partial charge on any atom is -0.205 e. The van der Waals surface area contributed by atoms with Crippen LogP contribution in [0.1, 0.15) is 5.56 Å². The first-order valence-corrected chi connectivity index (χ1v) is 4.53. The van der Waals surface area contributed by atoms with Gasteiger partial charge in [-0.05, 0) is 0 Å². The van der Waals surface area contributed by atoms with Crippen molar-refractivity contribution < 1.29 is 26.3 Å². The van der Waals surface area contributed by atoms with Crippen molar-refractivity contribution in [1.82, 2.24) is 0 Å². The predicted molar refractivity (Wildman–Crippen MR) is 54.7 cm³/mol. The average molecular weight is 264 g/mol. The summed E-state index contributed by atoms with van der Waals surface area (Å²) in [5, 5.41) is 0. The fourth-order valence-electron chi connectivity index (χ4n) is 1.20. The molecule has 0 saturated carbocycles. The lowest BCUT2D eigenvalue weighted by atomic mass is 10.1. The third kappa shape index (κ3) is 2.05. The molecule has 0 unspecified atom stereocenters. The normalized spacial score (nSPS) is 10.1. The van der Waals surface area contributed by atoms with Gasteiger partial charge in [0.25, 0.3) is 0 Å². The minimum absolute atomic E-state index is 0.488. The summed E-state index contributed by atoms with van der Waals surface area (Å²) in [6.45, 7) is 6.25. The minimum atomic E-state index is -2.35. The number of rotatable bonds is 3. The Hall–Kier alpha value is -1.98. The molecule has 0 aliphatic heterocycles. The van der Waals surface area contributed by atoms with Gasteiger partial charge in [-0.25, -0.2) is 26.3 Å². The van der Waals surface area contributed by atoms with Crippen molar-refractivity contribution in [2.75, 3.05) is 0 Å². The third-order valence-electron chi connectivity index (χ3n) is 2.12. The number of halogens is 6. The molecule has 1 aromatic rings. The van der Waals surface area contributed by atoms with E-state index in [-0.39, 0.29) is 0 Å². The fourth-order valence-corrected chi connectivity index (χ4v) is 1.20. The van der Waals surface area contributed by atoms with Gasteiger partial charge in [-0.3, -0.25) is 0 Å². The van der Waals surface area contributed by atoms with E-state index in [0.717, 1.165) is 12.2 Å². The Labute approximate surface area is 98.5 Å². The Kier molecular flexibility index (Phi) is 4.00. The lowest BCUT2D eigenvalue weighted by Crippen LogP contribution is -2.06. The topological polar surface area (TPSA) is 0 Å². The van der Waals surface area contributed by atoms with E-state index >= 15 is 0 Å². The number of hydrogen-bond donors (Lipinski definition) is 0. The number of benzene rings is 1. The predicted octanol–water partition coefficient (Wildman–Crippen LogP) is 4.43. The molecular weight excluding hydrogens is 258 g/mol. The highest BCUT2D eigenvalue weighted by Gasteiger charge is 2.28. The Morgan fingerprint density at radius 3 is 1.39 bits per heavy atom. The molecule has 0 bridgehead atoms. The molecule has 0 spiro atoms. The summed E-state index contributed by atoms with van der Waals surface area (Å²) in [5.74, 6) is -12.9. The Balaban J connectivity index is 3.77. The van der Waals surface area contributed by atoms with Crippen LogP contribution in [0.25, 0.3) is 5.83 Å². The van der Waals surface area contributed by atoms with E-state index in [4.69, 9.17) is 0 Å². The van der Waals surface area contributed by atoms with Crippen molar-refractivity contribution in [1.29, 1.82) is 0 Å². The van der Waals surface area contributed by atoms with Gasteiger partial charge in [-0.15, -0.1) is 0 Å². The zero-order valence-corrected chi connectivity index (χ0v) is 8.84.